The number of carbonyl (C=O) groups excluding carboxylic acids is 1. The topological polar surface area (TPSA) is 61.0 Å². The van der Waals surface area contributed by atoms with E-state index >= 15 is 0 Å². The third-order valence-corrected chi connectivity index (χ3v) is 4.42. The molecule has 1 aliphatic heterocycles. The van der Waals surface area contributed by atoms with E-state index in [4.69, 9.17) is 0 Å². The molecule has 5 nitrogen and oxygen atoms in total. The van der Waals surface area contributed by atoms with E-state index in [9.17, 15) is 4.79 Å². The molecule has 122 valence electrons. The van der Waals surface area contributed by atoms with Gasteiger partial charge in [0.2, 0.25) is 0 Å². The molecule has 0 unspecified atom stereocenters. The molecule has 1 aliphatic rings. The Morgan fingerprint density at radius 2 is 2.30 bits per heavy atom. The second kappa shape index (κ2) is 7.31. The van der Waals surface area contributed by atoms with Crippen molar-refractivity contribution in [2.45, 2.75) is 26.2 Å². The van der Waals surface area contributed by atoms with Gasteiger partial charge in [-0.25, -0.2) is 4.98 Å². The van der Waals surface area contributed by atoms with Crippen LogP contribution in [0.1, 0.15) is 35.9 Å². The van der Waals surface area contributed by atoms with Crippen LogP contribution < -0.4 is 10.2 Å². The fourth-order valence-corrected chi connectivity index (χ4v) is 3.09. The monoisotopic (exact) mass is 312 g/mol. The van der Waals surface area contributed by atoms with Crippen LogP contribution in [-0.4, -0.2) is 35.5 Å². The van der Waals surface area contributed by atoms with Gasteiger partial charge in [-0.15, -0.1) is 0 Å². The molecule has 1 fully saturated rings. The zero-order chi connectivity index (χ0) is 16.1. The summed E-state index contributed by atoms with van der Waals surface area (Å²) in [6, 6.07) is 9.83. The van der Waals surface area contributed by atoms with Crippen molar-refractivity contribution < 1.29 is 4.79 Å². The first-order valence-corrected chi connectivity index (χ1v) is 8.38. The summed E-state index contributed by atoms with van der Waals surface area (Å²) in [7, 11) is 0. The van der Waals surface area contributed by atoms with Gasteiger partial charge < -0.3 is 15.2 Å². The van der Waals surface area contributed by atoms with Gasteiger partial charge in [0.05, 0.1) is 0 Å². The minimum Gasteiger partial charge on any atom is -0.356 e. The molecule has 0 aliphatic carbocycles. The number of piperidine rings is 1. The predicted molar refractivity (Wildman–Crippen MR) is 91.7 cm³/mol. The number of carbonyl (C=O) groups is 1. The summed E-state index contributed by atoms with van der Waals surface area (Å²) >= 11 is 0. The number of nitrogens with zero attached hydrogens (tertiary/aromatic N) is 2. The Morgan fingerprint density at radius 3 is 3.04 bits per heavy atom. The molecule has 2 N–H and O–H groups in total. The fraction of sp³-hybridized carbons (Fsp3) is 0.444. The molecule has 0 radical (unpaired) electrons. The molecule has 0 aromatic carbocycles. The molecule has 1 saturated heterocycles. The maximum absolute atomic E-state index is 12.2. The summed E-state index contributed by atoms with van der Waals surface area (Å²) in [4.78, 5) is 22.1. The van der Waals surface area contributed by atoms with E-state index in [-0.39, 0.29) is 5.91 Å². The standard InChI is InChI=1S/C18H24N4O/c1-2-15-8-9-16(21-15)18(23)20-12-14-6-5-11-22(13-14)17-7-3-4-10-19-17/h3-4,7-10,14,21H,2,5-6,11-13H2,1H3,(H,20,23)/t14-/m0/s1. The first kappa shape index (κ1) is 15.6. The number of pyridine rings is 1. The van der Waals surface area contributed by atoms with Crippen molar-refractivity contribution >= 4 is 11.7 Å². The van der Waals surface area contributed by atoms with Crippen LogP contribution in [0.4, 0.5) is 5.82 Å². The minimum atomic E-state index is -0.0142. The molecule has 0 saturated carbocycles. The average molecular weight is 312 g/mol. The van der Waals surface area contributed by atoms with Crippen LogP contribution in [0.2, 0.25) is 0 Å². The Balaban J connectivity index is 1.53. The SMILES string of the molecule is CCc1ccc(C(=O)NC[C@@H]2CCCN(c3ccccn3)C2)[nH]1. The van der Waals surface area contributed by atoms with E-state index in [0.717, 1.165) is 43.9 Å². The fourth-order valence-electron chi connectivity index (χ4n) is 3.09. The van der Waals surface area contributed by atoms with E-state index in [0.29, 0.717) is 18.2 Å². The number of hydrogen-bond acceptors (Lipinski definition) is 3. The summed E-state index contributed by atoms with van der Waals surface area (Å²) in [6.07, 6.45) is 5.03. The van der Waals surface area contributed by atoms with Gasteiger partial charge >= 0.3 is 0 Å². The Morgan fingerprint density at radius 1 is 1.39 bits per heavy atom. The number of aromatic nitrogens is 2. The highest BCUT2D eigenvalue weighted by Gasteiger charge is 2.21. The Kier molecular flexibility index (Phi) is 4.95. The smallest absolute Gasteiger partial charge is 0.267 e. The van der Waals surface area contributed by atoms with Crippen LogP contribution in [0, 0.1) is 5.92 Å². The minimum absolute atomic E-state index is 0.0142. The second-order valence-electron chi connectivity index (χ2n) is 6.10. The number of H-pyrrole nitrogens is 1. The van der Waals surface area contributed by atoms with Crippen LogP contribution in [-0.2, 0) is 6.42 Å². The van der Waals surface area contributed by atoms with E-state index in [1.165, 1.54) is 0 Å². The van der Waals surface area contributed by atoms with Gasteiger partial charge in [0, 0.05) is 31.5 Å². The normalized spacial score (nSPS) is 18.0. The lowest BCUT2D eigenvalue weighted by molar-refractivity contribution is 0.0941. The van der Waals surface area contributed by atoms with Crippen LogP contribution in [0.5, 0.6) is 0 Å². The first-order valence-electron chi connectivity index (χ1n) is 8.38. The van der Waals surface area contributed by atoms with E-state index in [1.807, 2.05) is 36.5 Å². The van der Waals surface area contributed by atoms with Gasteiger partial charge in [-0.3, -0.25) is 4.79 Å². The van der Waals surface area contributed by atoms with Crippen molar-refractivity contribution in [3.05, 3.63) is 47.9 Å². The molecular formula is C18H24N4O. The van der Waals surface area contributed by atoms with Crippen LogP contribution in [0.3, 0.4) is 0 Å². The largest absolute Gasteiger partial charge is 0.356 e. The van der Waals surface area contributed by atoms with Crippen molar-refractivity contribution in [1.82, 2.24) is 15.3 Å². The zero-order valence-corrected chi connectivity index (χ0v) is 13.6. The van der Waals surface area contributed by atoms with Gasteiger partial charge in [0.15, 0.2) is 0 Å². The van der Waals surface area contributed by atoms with Crippen LogP contribution in [0.25, 0.3) is 0 Å². The third kappa shape index (κ3) is 3.92. The van der Waals surface area contributed by atoms with Gasteiger partial charge in [0.25, 0.3) is 5.91 Å². The number of hydrogen-bond donors (Lipinski definition) is 2. The first-order chi connectivity index (χ1) is 11.3. The highest BCUT2D eigenvalue weighted by Crippen LogP contribution is 2.20. The Hall–Kier alpha value is -2.30. The van der Waals surface area contributed by atoms with Crippen molar-refractivity contribution in [1.29, 1.82) is 0 Å². The second-order valence-corrected chi connectivity index (χ2v) is 6.10. The van der Waals surface area contributed by atoms with Gasteiger partial charge in [-0.2, -0.15) is 0 Å². The molecule has 2 aromatic heterocycles. The van der Waals surface area contributed by atoms with E-state index in [1.54, 1.807) is 0 Å². The van der Waals surface area contributed by atoms with Crippen LogP contribution in [0.15, 0.2) is 36.5 Å². The highest BCUT2D eigenvalue weighted by atomic mass is 16.1. The summed E-state index contributed by atoms with van der Waals surface area (Å²) in [5.41, 5.74) is 1.74. The third-order valence-electron chi connectivity index (χ3n) is 4.42. The molecule has 1 atom stereocenters. The maximum atomic E-state index is 12.2. The predicted octanol–water partition coefficient (Wildman–Crippen LogP) is 2.62. The molecular weight excluding hydrogens is 288 g/mol. The van der Waals surface area contributed by atoms with Crippen molar-refractivity contribution in [3.8, 4) is 0 Å². The quantitative estimate of drug-likeness (QED) is 0.892. The number of amides is 1. The molecule has 3 heterocycles. The molecule has 2 aromatic rings. The number of aryl methyl sites for hydroxylation is 1. The number of rotatable bonds is 5. The summed E-state index contributed by atoms with van der Waals surface area (Å²) in [5.74, 6) is 1.48. The van der Waals surface area contributed by atoms with E-state index in [2.05, 4.69) is 27.1 Å². The number of nitrogens with one attached hydrogen (secondary N) is 2. The summed E-state index contributed by atoms with van der Waals surface area (Å²) in [5, 5.41) is 3.06. The number of anilines is 1. The Labute approximate surface area is 137 Å². The lowest BCUT2D eigenvalue weighted by Gasteiger charge is -2.33. The van der Waals surface area contributed by atoms with Crippen molar-refractivity contribution in [3.63, 3.8) is 0 Å². The zero-order valence-electron chi connectivity index (χ0n) is 13.6. The molecule has 5 heteroatoms. The maximum Gasteiger partial charge on any atom is 0.267 e. The molecule has 3 rings (SSSR count). The molecule has 0 bridgehead atoms. The summed E-state index contributed by atoms with van der Waals surface area (Å²) in [6.45, 7) is 4.77. The molecule has 0 spiro atoms. The van der Waals surface area contributed by atoms with Gasteiger partial charge in [-0.05, 0) is 49.4 Å². The van der Waals surface area contributed by atoms with Gasteiger partial charge in [-0.1, -0.05) is 13.0 Å². The van der Waals surface area contributed by atoms with Crippen molar-refractivity contribution in [2.24, 2.45) is 5.92 Å². The molecule has 1 amide bonds. The molecule has 23 heavy (non-hydrogen) atoms. The lowest BCUT2D eigenvalue weighted by Crippen LogP contribution is -2.41. The lowest BCUT2D eigenvalue weighted by atomic mass is 9.98. The summed E-state index contributed by atoms with van der Waals surface area (Å²) < 4.78 is 0. The van der Waals surface area contributed by atoms with Crippen LogP contribution >= 0.6 is 0 Å². The van der Waals surface area contributed by atoms with Crippen molar-refractivity contribution in [2.75, 3.05) is 24.5 Å². The highest BCUT2D eigenvalue weighted by molar-refractivity contribution is 5.92. The Bertz CT molecular complexity index is 637. The van der Waals surface area contributed by atoms with Gasteiger partial charge in [0.1, 0.15) is 11.5 Å². The number of aromatic amines is 1. The average Bonchev–Trinajstić information content (AvgIpc) is 3.10. The van der Waals surface area contributed by atoms with E-state index < -0.39 is 0 Å².